The summed E-state index contributed by atoms with van der Waals surface area (Å²) in [5, 5.41) is 4.01. The fourth-order valence-corrected chi connectivity index (χ4v) is 2.89. The second-order valence-electron chi connectivity index (χ2n) is 6.07. The largest absolute Gasteiger partial charge is 0.494 e. The van der Waals surface area contributed by atoms with Gasteiger partial charge in [0.2, 0.25) is 5.91 Å². The van der Waals surface area contributed by atoms with Crippen molar-refractivity contribution in [3.05, 3.63) is 59.8 Å². The SMILES string of the molecule is CCOc1ccc(NC(=O)[C@@H](N)Cc2c[nH]c3ccccc23)c(C)c1.Cl. The van der Waals surface area contributed by atoms with Crippen molar-refractivity contribution >= 4 is 34.9 Å². The molecule has 2 aromatic carbocycles. The lowest BCUT2D eigenvalue weighted by Gasteiger charge is -2.14. The number of carbonyl (C=O) groups excluding carboxylic acids is 1. The van der Waals surface area contributed by atoms with Crippen molar-refractivity contribution in [1.82, 2.24) is 4.98 Å². The van der Waals surface area contributed by atoms with Crippen LogP contribution >= 0.6 is 12.4 Å². The van der Waals surface area contributed by atoms with Crippen molar-refractivity contribution in [2.75, 3.05) is 11.9 Å². The number of fused-ring (bicyclic) bond motifs is 1. The Balaban J connectivity index is 0.00000243. The summed E-state index contributed by atoms with van der Waals surface area (Å²) in [4.78, 5) is 15.7. The molecule has 6 heteroatoms. The molecular weight excluding hydrogens is 350 g/mol. The molecular formula is C20H24ClN3O2. The molecule has 0 unspecified atom stereocenters. The highest BCUT2D eigenvalue weighted by Gasteiger charge is 2.17. The number of aromatic amines is 1. The highest BCUT2D eigenvalue weighted by atomic mass is 35.5. The molecule has 0 saturated heterocycles. The van der Waals surface area contributed by atoms with E-state index in [4.69, 9.17) is 10.5 Å². The topological polar surface area (TPSA) is 80.1 Å². The Morgan fingerprint density at radius 2 is 2.04 bits per heavy atom. The second kappa shape index (κ2) is 8.74. The third-order valence-electron chi connectivity index (χ3n) is 4.22. The number of aromatic nitrogens is 1. The van der Waals surface area contributed by atoms with Gasteiger partial charge in [0.1, 0.15) is 5.75 Å². The molecule has 1 heterocycles. The number of para-hydroxylation sites is 1. The number of nitrogens with two attached hydrogens (primary N) is 1. The summed E-state index contributed by atoms with van der Waals surface area (Å²) in [6.07, 6.45) is 2.39. The van der Waals surface area contributed by atoms with Gasteiger partial charge in [-0.2, -0.15) is 0 Å². The van der Waals surface area contributed by atoms with Crippen LogP contribution in [0.15, 0.2) is 48.7 Å². The van der Waals surface area contributed by atoms with Gasteiger partial charge in [-0.25, -0.2) is 0 Å². The van der Waals surface area contributed by atoms with Crippen LogP contribution in [0.3, 0.4) is 0 Å². The number of rotatable bonds is 6. The first-order valence-electron chi connectivity index (χ1n) is 8.43. The number of hydrogen-bond donors (Lipinski definition) is 3. The molecule has 0 aliphatic carbocycles. The van der Waals surface area contributed by atoms with Crippen LogP contribution in [-0.4, -0.2) is 23.5 Å². The number of H-pyrrole nitrogens is 1. The van der Waals surface area contributed by atoms with E-state index in [0.717, 1.165) is 33.5 Å². The zero-order chi connectivity index (χ0) is 17.8. The number of carbonyl (C=O) groups is 1. The Labute approximate surface area is 159 Å². The molecule has 0 bridgehead atoms. The van der Waals surface area contributed by atoms with Gasteiger partial charge in [0.05, 0.1) is 12.6 Å². The van der Waals surface area contributed by atoms with E-state index in [1.807, 2.05) is 62.5 Å². The number of halogens is 1. The molecule has 0 spiro atoms. The van der Waals surface area contributed by atoms with Crippen molar-refractivity contribution < 1.29 is 9.53 Å². The normalized spacial score (nSPS) is 11.7. The number of benzene rings is 2. The number of nitrogens with one attached hydrogen (secondary N) is 2. The summed E-state index contributed by atoms with van der Waals surface area (Å²) in [5.41, 5.74) is 9.91. The quantitative estimate of drug-likeness (QED) is 0.614. The summed E-state index contributed by atoms with van der Waals surface area (Å²) < 4.78 is 5.46. The molecule has 138 valence electrons. The van der Waals surface area contributed by atoms with Gasteiger partial charge in [-0.15, -0.1) is 12.4 Å². The molecule has 1 amide bonds. The predicted molar refractivity (Wildman–Crippen MR) is 108 cm³/mol. The lowest BCUT2D eigenvalue weighted by molar-refractivity contribution is -0.117. The van der Waals surface area contributed by atoms with E-state index in [1.54, 1.807) is 0 Å². The summed E-state index contributed by atoms with van der Waals surface area (Å²) in [6.45, 7) is 4.48. The lowest BCUT2D eigenvalue weighted by Crippen LogP contribution is -2.37. The average Bonchev–Trinajstić information content (AvgIpc) is 3.00. The van der Waals surface area contributed by atoms with E-state index in [1.165, 1.54) is 0 Å². The van der Waals surface area contributed by atoms with Crippen LogP contribution < -0.4 is 15.8 Å². The van der Waals surface area contributed by atoms with Crippen molar-refractivity contribution in [2.45, 2.75) is 26.3 Å². The van der Waals surface area contributed by atoms with Crippen LogP contribution in [-0.2, 0) is 11.2 Å². The van der Waals surface area contributed by atoms with Gasteiger partial charge >= 0.3 is 0 Å². The van der Waals surface area contributed by atoms with Crippen LogP contribution in [0, 0.1) is 6.92 Å². The van der Waals surface area contributed by atoms with Crippen molar-refractivity contribution in [2.24, 2.45) is 5.73 Å². The average molecular weight is 374 g/mol. The number of anilines is 1. The van der Waals surface area contributed by atoms with E-state index in [2.05, 4.69) is 10.3 Å². The van der Waals surface area contributed by atoms with Crippen molar-refractivity contribution in [3.63, 3.8) is 0 Å². The summed E-state index contributed by atoms with van der Waals surface area (Å²) in [5.74, 6) is 0.596. The third-order valence-corrected chi connectivity index (χ3v) is 4.22. The molecule has 26 heavy (non-hydrogen) atoms. The maximum Gasteiger partial charge on any atom is 0.241 e. The van der Waals surface area contributed by atoms with E-state index in [9.17, 15) is 4.79 Å². The van der Waals surface area contributed by atoms with E-state index in [0.29, 0.717) is 13.0 Å². The fourth-order valence-electron chi connectivity index (χ4n) is 2.89. The molecule has 5 nitrogen and oxygen atoms in total. The summed E-state index contributed by atoms with van der Waals surface area (Å²) in [6, 6.07) is 13.0. The van der Waals surface area contributed by atoms with Gasteiger partial charge in [-0.1, -0.05) is 18.2 Å². The Kier molecular flexibility index (Phi) is 6.66. The van der Waals surface area contributed by atoms with Crippen LogP contribution in [0.25, 0.3) is 10.9 Å². The first-order valence-corrected chi connectivity index (χ1v) is 8.43. The number of aryl methyl sites for hydroxylation is 1. The first-order chi connectivity index (χ1) is 12.1. The van der Waals surface area contributed by atoms with Gasteiger partial charge in [0, 0.05) is 22.8 Å². The maximum atomic E-state index is 12.5. The molecule has 0 aliphatic rings. The zero-order valence-corrected chi connectivity index (χ0v) is 15.7. The standard InChI is InChI=1S/C20H23N3O2.ClH/c1-3-25-15-8-9-18(13(2)10-15)23-20(24)17(21)11-14-12-22-19-7-5-4-6-16(14)19;/h4-10,12,17,22H,3,11,21H2,1-2H3,(H,23,24);1H/t17-;/m0./s1. The Hall–Kier alpha value is -2.50. The van der Waals surface area contributed by atoms with Crippen LogP contribution in [0.2, 0.25) is 0 Å². The molecule has 0 radical (unpaired) electrons. The van der Waals surface area contributed by atoms with Gasteiger partial charge in [-0.3, -0.25) is 4.79 Å². The minimum absolute atomic E-state index is 0. The molecule has 4 N–H and O–H groups in total. The fraction of sp³-hybridized carbons (Fsp3) is 0.250. The highest BCUT2D eigenvalue weighted by Crippen LogP contribution is 2.22. The third kappa shape index (κ3) is 4.36. The number of hydrogen-bond acceptors (Lipinski definition) is 3. The summed E-state index contributed by atoms with van der Waals surface area (Å²) >= 11 is 0. The maximum absolute atomic E-state index is 12.5. The highest BCUT2D eigenvalue weighted by molar-refractivity contribution is 5.96. The smallest absolute Gasteiger partial charge is 0.241 e. The lowest BCUT2D eigenvalue weighted by atomic mass is 10.0. The number of ether oxygens (including phenoxy) is 1. The minimum Gasteiger partial charge on any atom is -0.494 e. The first kappa shape index (κ1) is 19.8. The Bertz CT molecular complexity index is 892. The van der Waals surface area contributed by atoms with Gasteiger partial charge in [0.15, 0.2) is 0 Å². The molecule has 0 aliphatic heterocycles. The van der Waals surface area contributed by atoms with Crippen LogP contribution in [0.1, 0.15) is 18.1 Å². The van der Waals surface area contributed by atoms with E-state index < -0.39 is 6.04 Å². The van der Waals surface area contributed by atoms with Gasteiger partial charge in [-0.05, 0) is 55.7 Å². The Morgan fingerprint density at radius 1 is 1.27 bits per heavy atom. The predicted octanol–water partition coefficient (Wildman–Crippen LogP) is 3.81. The Morgan fingerprint density at radius 3 is 2.77 bits per heavy atom. The zero-order valence-electron chi connectivity index (χ0n) is 14.9. The molecule has 0 saturated carbocycles. The van der Waals surface area contributed by atoms with Crippen LogP contribution in [0.4, 0.5) is 5.69 Å². The minimum atomic E-state index is -0.620. The second-order valence-corrected chi connectivity index (χ2v) is 6.07. The van der Waals surface area contributed by atoms with E-state index >= 15 is 0 Å². The van der Waals surface area contributed by atoms with Crippen molar-refractivity contribution in [1.29, 1.82) is 0 Å². The number of amides is 1. The van der Waals surface area contributed by atoms with E-state index in [-0.39, 0.29) is 18.3 Å². The monoisotopic (exact) mass is 373 g/mol. The molecule has 0 fully saturated rings. The molecule has 3 rings (SSSR count). The summed E-state index contributed by atoms with van der Waals surface area (Å²) in [7, 11) is 0. The van der Waals surface area contributed by atoms with Gasteiger partial charge < -0.3 is 20.8 Å². The van der Waals surface area contributed by atoms with Crippen LogP contribution in [0.5, 0.6) is 5.75 Å². The molecule has 1 atom stereocenters. The molecule has 1 aromatic heterocycles. The van der Waals surface area contributed by atoms with Gasteiger partial charge in [0.25, 0.3) is 0 Å². The molecule has 3 aromatic rings. The van der Waals surface area contributed by atoms with Crippen molar-refractivity contribution in [3.8, 4) is 5.75 Å².